The first-order valence-electron chi connectivity index (χ1n) is 9.13. The van der Waals surface area contributed by atoms with Gasteiger partial charge >= 0.3 is 0 Å². The highest BCUT2D eigenvalue weighted by Gasteiger charge is 2.16. The van der Waals surface area contributed by atoms with Crippen molar-refractivity contribution in [3.8, 4) is 5.75 Å². The smallest absolute Gasteiger partial charge is 0.225 e. The minimum absolute atomic E-state index is 0.0194. The molecule has 0 radical (unpaired) electrons. The van der Waals surface area contributed by atoms with Gasteiger partial charge in [0.25, 0.3) is 0 Å². The third-order valence-electron chi connectivity index (χ3n) is 4.64. The van der Waals surface area contributed by atoms with Gasteiger partial charge in [-0.25, -0.2) is 4.98 Å². The Bertz CT molecular complexity index is 1130. The third-order valence-corrected chi connectivity index (χ3v) is 4.64. The number of rotatable bonds is 7. The topological polar surface area (TPSA) is 90.4 Å². The van der Waals surface area contributed by atoms with Crippen LogP contribution in [0.5, 0.6) is 5.75 Å². The predicted octanol–water partition coefficient (Wildman–Crippen LogP) is 2.66. The van der Waals surface area contributed by atoms with Gasteiger partial charge in [-0.15, -0.1) is 0 Å². The molecule has 0 aliphatic rings. The number of hydrogen-bond donors (Lipinski definition) is 2. The Kier molecular flexibility index (Phi) is 4.95. The molecule has 1 unspecified atom stereocenters. The van der Waals surface area contributed by atoms with E-state index >= 15 is 0 Å². The number of imidazole rings is 1. The maximum atomic E-state index is 11.4. The van der Waals surface area contributed by atoms with Crippen LogP contribution in [0, 0.1) is 0 Å². The summed E-state index contributed by atoms with van der Waals surface area (Å²) in [7, 11) is 0. The van der Waals surface area contributed by atoms with Crippen LogP contribution in [0.15, 0.2) is 66.7 Å². The minimum Gasteiger partial charge on any atom is -0.490 e. The highest BCUT2D eigenvalue weighted by Crippen LogP contribution is 2.25. The molecule has 3 aromatic carbocycles. The number of para-hydroxylation sites is 2. The lowest BCUT2D eigenvalue weighted by molar-refractivity contribution is -0.117. The van der Waals surface area contributed by atoms with Gasteiger partial charge in [0.05, 0.1) is 24.0 Å². The molecule has 1 heterocycles. The summed E-state index contributed by atoms with van der Waals surface area (Å²) in [6.07, 6.45) is -0.755. The van der Waals surface area contributed by atoms with Crippen molar-refractivity contribution in [3.63, 3.8) is 0 Å². The van der Waals surface area contributed by atoms with Gasteiger partial charge in [0.15, 0.2) is 0 Å². The van der Waals surface area contributed by atoms with Crippen molar-refractivity contribution in [2.45, 2.75) is 19.1 Å². The maximum absolute atomic E-state index is 11.4. The van der Waals surface area contributed by atoms with Crippen LogP contribution in [0.3, 0.4) is 0 Å². The number of aromatic nitrogens is 2. The van der Waals surface area contributed by atoms with Crippen molar-refractivity contribution in [1.82, 2.24) is 9.55 Å². The SMILES string of the molecule is NC(=O)Cc1nc2ccccc2n1CC(O)COc1cccc2ccccc12. The number of ether oxygens (including phenoxy) is 1. The van der Waals surface area contributed by atoms with Gasteiger partial charge in [0.1, 0.15) is 24.3 Å². The molecule has 28 heavy (non-hydrogen) atoms. The zero-order valence-corrected chi connectivity index (χ0v) is 15.3. The van der Waals surface area contributed by atoms with E-state index in [9.17, 15) is 9.90 Å². The third kappa shape index (κ3) is 3.68. The number of fused-ring (bicyclic) bond motifs is 2. The molecule has 6 heteroatoms. The fourth-order valence-electron chi connectivity index (χ4n) is 3.39. The van der Waals surface area contributed by atoms with Crippen LogP contribution in [0.2, 0.25) is 0 Å². The Hall–Kier alpha value is -3.38. The summed E-state index contributed by atoms with van der Waals surface area (Å²) < 4.78 is 7.72. The normalized spacial score (nSPS) is 12.3. The van der Waals surface area contributed by atoms with Crippen molar-refractivity contribution < 1.29 is 14.6 Å². The Labute approximate surface area is 162 Å². The monoisotopic (exact) mass is 375 g/mol. The minimum atomic E-state index is -0.775. The van der Waals surface area contributed by atoms with E-state index < -0.39 is 12.0 Å². The van der Waals surface area contributed by atoms with E-state index in [4.69, 9.17) is 10.5 Å². The van der Waals surface area contributed by atoms with Crippen LogP contribution in [0.1, 0.15) is 5.82 Å². The van der Waals surface area contributed by atoms with Crippen molar-refractivity contribution in [1.29, 1.82) is 0 Å². The van der Waals surface area contributed by atoms with E-state index in [0.29, 0.717) is 5.82 Å². The number of carbonyl (C=O) groups is 1. The number of aliphatic hydroxyl groups excluding tert-OH is 1. The molecule has 0 fully saturated rings. The maximum Gasteiger partial charge on any atom is 0.225 e. The van der Waals surface area contributed by atoms with Gasteiger partial charge < -0.3 is 20.1 Å². The van der Waals surface area contributed by atoms with Gasteiger partial charge in [-0.3, -0.25) is 4.79 Å². The van der Waals surface area contributed by atoms with Gasteiger partial charge in [0, 0.05) is 5.39 Å². The first-order valence-corrected chi connectivity index (χ1v) is 9.13. The molecule has 0 saturated heterocycles. The molecular formula is C22H21N3O3. The zero-order chi connectivity index (χ0) is 19.5. The number of amides is 1. The van der Waals surface area contributed by atoms with Crippen LogP contribution in [-0.2, 0) is 17.8 Å². The molecule has 4 rings (SSSR count). The second kappa shape index (κ2) is 7.70. The van der Waals surface area contributed by atoms with Crippen LogP contribution in [-0.4, -0.2) is 33.3 Å². The Morgan fingerprint density at radius 3 is 2.68 bits per heavy atom. The summed E-state index contributed by atoms with van der Waals surface area (Å²) in [5, 5.41) is 12.7. The fraction of sp³-hybridized carbons (Fsp3) is 0.182. The number of hydrogen-bond acceptors (Lipinski definition) is 4. The molecule has 3 N–H and O–H groups in total. The Morgan fingerprint density at radius 2 is 1.82 bits per heavy atom. The first-order chi connectivity index (χ1) is 13.6. The lowest BCUT2D eigenvalue weighted by Gasteiger charge is -2.16. The van der Waals surface area contributed by atoms with Crippen LogP contribution >= 0.6 is 0 Å². The molecule has 4 aromatic rings. The summed E-state index contributed by atoms with van der Waals surface area (Å²) in [6, 6.07) is 21.3. The summed E-state index contributed by atoms with van der Waals surface area (Å²) in [6.45, 7) is 0.379. The molecule has 1 aromatic heterocycles. The number of nitrogens with zero attached hydrogens (tertiary/aromatic N) is 2. The molecule has 6 nitrogen and oxygen atoms in total. The molecule has 0 saturated carbocycles. The van der Waals surface area contributed by atoms with E-state index in [2.05, 4.69) is 4.98 Å². The highest BCUT2D eigenvalue weighted by atomic mass is 16.5. The average Bonchev–Trinajstić information content (AvgIpc) is 3.02. The molecule has 142 valence electrons. The summed E-state index contributed by atoms with van der Waals surface area (Å²) in [5.41, 5.74) is 6.97. The van der Waals surface area contributed by atoms with Crippen LogP contribution in [0.4, 0.5) is 0 Å². The summed E-state index contributed by atoms with van der Waals surface area (Å²) in [5.74, 6) is 0.806. The van der Waals surface area contributed by atoms with E-state index in [1.165, 1.54) is 0 Å². The van der Waals surface area contributed by atoms with Gasteiger partial charge in [-0.05, 0) is 23.6 Å². The standard InChI is InChI=1S/C22H21N3O3/c23-21(27)12-22-24-18-9-3-4-10-19(18)25(22)13-16(26)14-28-20-11-5-7-15-6-1-2-8-17(15)20/h1-11,16,26H,12-14H2,(H2,23,27). The first kappa shape index (κ1) is 18.0. The van der Waals surface area contributed by atoms with Crippen LogP contribution < -0.4 is 10.5 Å². The number of carbonyl (C=O) groups excluding carboxylic acids is 1. The molecule has 0 bridgehead atoms. The van der Waals surface area contributed by atoms with Gasteiger partial charge in [0.2, 0.25) is 5.91 Å². The average molecular weight is 375 g/mol. The van der Waals surface area contributed by atoms with Crippen molar-refractivity contribution in [2.24, 2.45) is 5.73 Å². The fourth-order valence-corrected chi connectivity index (χ4v) is 3.39. The quantitative estimate of drug-likeness (QED) is 0.520. The van der Waals surface area contributed by atoms with Crippen molar-refractivity contribution in [2.75, 3.05) is 6.61 Å². The second-order valence-electron chi connectivity index (χ2n) is 6.71. The lowest BCUT2D eigenvalue weighted by Crippen LogP contribution is -2.26. The number of nitrogens with two attached hydrogens (primary N) is 1. The van der Waals surface area contributed by atoms with E-state index in [-0.39, 0.29) is 19.6 Å². The molecule has 0 spiro atoms. The van der Waals surface area contributed by atoms with Gasteiger partial charge in [-0.1, -0.05) is 48.5 Å². The molecule has 1 amide bonds. The van der Waals surface area contributed by atoms with Crippen molar-refractivity contribution >= 4 is 27.7 Å². The Balaban J connectivity index is 1.53. The highest BCUT2D eigenvalue weighted by molar-refractivity contribution is 5.88. The van der Waals surface area contributed by atoms with Crippen molar-refractivity contribution in [3.05, 3.63) is 72.6 Å². The zero-order valence-electron chi connectivity index (χ0n) is 15.3. The van der Waals surface area contributed by atoms with E-state index in [0.717, 1.165) is 27.6 Å². The number of aliphatic hydroxyl groups is 1. The predicted molar refractivity (Wildman–Crippen MR) is 108 cm³/mol. The Morgan fingerprint density at radius 1 is 1.07 bits per heavy atom. The number of primary amides is 1. The molecule has 0 aliphatic carbocycles. The molecular weight excluding hydrogens is 354 g/mol. The molecule has 1 atom stereocenters. The summed E-state index contributed by atoms with van der Waals surface area (Å²) >= 11 is 0. The van der Waals surface area contributed by atoms with Crippen LogP contribution in [0.25, 0.3) is 21.8 Å². The second-order valence-corrected chi connectivity index (χ2v) is 6.71. The lowest BCUT2D eigenvalue weighted by atomic mass is 10.1. The summed E-state index contributed by atoms with van der Waals surface area (Å²) in [4.78, 5) is 15.9. The van der Waals surface area contributed by atoms with E-state index in [1.54, 1.807) is 0 Å². The largest absolute Gasteiger partial charge is 0.490 e. The van der Waals surface area contributed by atoms with Gasteiger partial charge in [-0.2, -0.15) is 0 Å². The molecule has 0 aliphatic heterocycles. The van der Waals surface area contributed by atoms with E-state index in [1.807, 2.05) is 71.3 Å². The number of benzene rings is 3.